The van der Waals surface area contributed by atoms with Crippen molar-refractivity contribution in [3.05, 3.63) is 35.4 Å². The van der Waals surface area contributed by atoms with E-state index in [9.17, 15) is 0 Å². The average Bonchev–Trinajstić information content (AvgIpc) is 2.35. The highest BCUT2D eigenvalue weighted by atomic mass is 32.2. The molecule has 0 aliphatic carbocycles. The van der Waals surface area contributed by atoms with E-state index in [1.54, 1.807) is 0 Å². The SMILES string of the molecule is CCSCC(Cc1ccc(CC)cc1)NC. The molecule has 0 aliphatic rings. The van der Waals surface area contributed by atoms with Gasteiger partial charge in [0.25, 0.3) is 0 Å². The number of benzene rings is 1. The molecule has 0 saturated heterocycles. The molecule has 1 unspecified atom stereocenters. The standard InChI is InChI=1S/C14H23NS/c1-4-12-6-8-13(9-7-12)10-14(15-3)11-16-5-2/h6-9,14-15H,4-5,10-11H2,1-3H3. The fourth-order valence-corrected chi connectivity index (χ4v) is 2.50. The minimum atomic E-state index is 0.595. The van der Waals surface area contributed by atoms with E-state index in [1.807, 2.05) is 11.8 Å². The third-order valence-electron chi connectivity index (χ3n) is 2.84. The van der Waals surface area contributed by atoms with Gasteiger partial charge in [0.1, 0.15) is 0 Å². The maximum atomic E-state index is 3.39. The van der Waals surface area contributed by atoms with Crippen LogP contribution < -0.4 is 5.32 Å². The summed E-state index contributed by atoms with van der Waals surface area (Å²) in [6.45, 7) is 4.41. The van der Waals surface area contributed by atoms with E-state index in [4.69, 9.17) is 0 Å². The molecule has 1 rings (SSSR count). The molecule has 90 valence electrons. The van der Waals surface area contributed by atoms with Crippen molar-refractivity contribution in [1.29, 1.82) is 0 Å². The first-order valence-electron chi connectivity index (χ1n) is 6.13. The van der Waals surface area contributed by atoms with Crippen LogP contribution in [-0.4, -0.2) is 24.6 Å². The van der Waals surface area contributed by atoms with Gasteiger partial charge in [-0.2, -0.15) is 11.8 Å². The van der Waals surface area contributed by atoms with Crippen LogP contribution in [0.3, 0.4) is 0 Å². The number of aryl methyl sites for hydroxylation is 1. The molecule has 16 heavy (non-hydrogen) atoms. The molecule has 0 spiro atoms. The smallest absolute Gasteiger partial charge is 0.0195 e. The Kier molecular flexibility index (Phi) is 6.58. The summed E-state index contributed by atoms with van der Waals surface area (Å²) in [5.74, 6) is 2.40. The lowest BCUT2D eigenvalue weighted by Gasteiger charge is -2.15. The summed E-state index contributed by atoms with van der Waals surface area (Å²) in [4.78, 5) is 0. The maximum Gasteiger partial charge on any atom is 0.0195 e. The summed E-state index contributed by atoms with van der Waals surface area (Å²) in [6, 6.07) is 9.61. The van der Waals surface area contributed by atoms with E-state index < -0.39 is 0 Å². The Morgan fingerprint density at radius 1 is 1.12 bits per heavy atom. The van der Waals surface area contributed by atoms with Crippen molar-refractivity contribution in [2.24, 2.45) is 0 Å². The van der Waals surface area contributed by atoms with Gasteiger partial charge in [0.05, 0.1) is 0 Å². The third-order valence-corrected chi connectivity index (χ3v) is 3.89. The molecule has 0 fully saturated rings. The van der Waals surface area contributed by atoms with E-state index in [2.05, 4.69) is 50.5 Å². The first kappa shape index (κ1) is 13.6. The van der Waals surface area contributed by atoms with E-state index in [0.717, 1.165) is 12.8 Å². The van der Waals surface area contributed by atoms with Gasteiger partial charge in [0, 0.05) is 11.8 Å². The van der Waals surface area contributed by atoms with Crippen molar-refractivity contribution < 1.29 is 0 Å². The highest BCUT2D eigenvalue weighted by molar-refractivity contribution is 7.99. The monoisotopic (exact) mass is 237 g/mol. The molecule has 1 aromatic carbocycles. The molecule has 1 N–H and O–H groups in total. The Hall–Kier alpha value is -0.470. The second kappa shape index (κ2) is 7.75. The van der Waals surface area contributed by atoms with Crippen LogP contribution in [0.5, 0.6) is 0 Å². The molecule has 1 nitrogen and oxygen atoms in total. The van der Waals surface area contributed by atoms with Crippen molar-refractivity contribution in [1.82, 2.24) is 5.32 Å². The summed E-state index contributed by atoms with van der Waals surface area (Å²) >= 11 is 2.01. The number of likely N-dealkylation sites (N-methyl/N-ethyl adjacent to an activating group) is 1. The number of hydrogen-bond donors (Lipinski definition) is 1. The molecule has 1 aromatic rings. The fourth-order valence-electron chi connectivity index (χ4n) is 1.70. The van der Waals surface area contributed by atoms with E-state index >= 15 is 0 Å². The lowest BCUT2D eigenvalue weighted by Crippen LogP contribution is -2.30. The van der Waals surface area contributed by atoms with Crippen LogP contribution in [0, 0.1) is 0 Å². The Balaban J connectivity index is 2.49. The zero-order valence-corrected chi connectivity index (χ0v) is 11.4. The molecule has 0 amide bonds. The second-order valence-electron chi connectivity index (χ2n) is 4.02. The Bertz CT molecular complexity index is 281. The number of thioether (sulfide) groups is 1. The zero-order valence-electron chi connectivity index (χ0n) is 10.6. The largest absolute Gasteiger partial charge is 0.316 e. The molecule has 0 heterocycles. The lowest BCUT2D eigenvalue weighted by atomic mass is 10.0. The van der Waals surface area contributed by atoms with Gasteiger partial charge in [-0.15, -0.1) is 0 Å². The van der Waals surface area contributed by atoms with E-state index in [-0.39, 0.29) is 0 Å². The van der Waals surface area contributed by atoms with Gasteiger partial charge in [0.15, 0.2) is 0 Å². The highest BCUT2D eigenvalue weighted by Gasteiger charge is 2.06. The second-order valence-corrected chi connectivity index (χ2v) is 5.34. The zero-order chi connectivity index (χ0) is 11.8. The molecule has 0 aliphatic heterocycles. The van der Waals surface area contributed by atoms with E-state index in [0.29, 0.717) is 6.04 Å². The van der Waals surface area contributed by atoms with Crippen LogP contribution >= 0.6 is 11.8 Å². The molecular formula is C14H23NS. The lowest BCUT2D eigenvalue weighted by molar-refractivity contribution is 0.617. The van der Waals surface area contributed by atoms with Crippen LogP contribution in [0.25, 0.3) is 0 Å². The summed E-state index contributed by atoms with van der Waals surface area (Å²) < 4.78 is 0. The Morgan fingerprint density at radius 2 is 1.75 bits per heavy atom. The van der Waals surface area contributed by atoms with Gasteiger partial charge in [-0.25, -0.2) is 0 Å². The molecule has 0 radical (unpaired) electrons. The van der Waals surface area contributed by atoms with Crippen LogP contribution in [0.1, 0.15) is 25.0 Å². The van der Waals surface area contributed by atoms with Gasteiger partial charge < -0.3 is 5.32 Å². The molecule has 0 aromatic heterocycles. The van der Waals surface area contributed by atoms with Gasteiger partial charge in [0.2, 0.25) is 0 Å². The quantitative estimate of drug-likeness (QED) is 0.782. The highest BCUT2D eigenvalue weighted by Crippen LogP contribution is 2.10. The molecule has 1 atom stereocenters. The topological polar surface area (TPSA) is 12.0 Å². The van der Waals surface area contributed by atoms with E-state index in [1.165, 1.54) is 22.6 Å². The normalized spacial score (nSPS) is 12.7. The first-order valence-corrected chi connectivity index (χ1v) is 7.28. The average molecular weight is 237 g/mol. The third kappa shape index (κ3) is 4.58. The predicted molar refractivity (Wildman–Crippen MR) is 75.4 cm³/mol. The van der Waals surface area contributed by atoms with Crippen LogP contribution in [-0.2, 0) is 12.8 Å². The van der Waals surface area contributed by atoms with Crippen LogP contribution in [0.15, 0.2) is 24.3 Å². The summed E-state index contributed by atoms with van der Waals surface area (Å²) in [5, 5.41) is 3.39. The molecule has 0 bridgehead atoms. The summed E-state index contributed by atoms with van der Waals surface area (Å²) in [7, 11) is 2.06. The van der Waals surface area contributed by atoms with Crippen molar-refractivity contribution in [2.75, 3.05) is 18.6 Å². The van der Waals surface area contributed by atoms with Gasteiger partial charge in [-0.3, -0.25) is 0 Å². The minimum Gasteiger partial charge on any atom is -0.316 e. The van der Waals surface area contributed by atoms with Gasteiger partial charge >= 0.3 is 0 Å². The molecule has 2 heteroatoms. The number of hydrogen-bond acceptors (Lipinski definition) is 2. The minimum absolute atomic E-state index is 0.595. The predicted octanol–water partition coefficient (Wildman–Crippen LogP) is 3.13. The Labute approximate surface area is 104 Å². The van der Waals surface area contributed by atoms with Crippen LogP contribution in [0.2, 0.25) is 0 Å². The van der Waals surface area contributed by atoms with Crippen molar-refractivity contribution in [2.45, 2.75) is 32.7 Å². The summed E-state index contributed by atoms with van der Waals surface area (Å²) in [6.07, 6.45) is 2.26. The van der Waals surface area contributed by atoms with Crippen molar-refractivity contribution in [3.63, 3.8) is 0 Å². The van der Waals surface area contributed by atoms with Gasteiger partial charge in [-0.05, 0) is 36.8 Å². The van der Waals surface area contributed by atoms with Gasteiger partial charge in [-0.1, -0.05) is 38.1 Å². The number of rotatable bonds is 7. The number of nitrogens with one attached hydrogen (secondary N) is 1. The van der Waals surface area contributed by atoms with Crippen molar-refractivity contribution >= 4 is 11.8 Å². The molecule has 0 saturated carbocycles. The van der Waals surface area contributed by atoms with Crippen LogP contribution in [0.4, 0.5) is 0 Å². The fraction of sp³-hybridized carbons (Fsp3) is 0.571. The van der Waals surface area contributed by atoms with Crippen molar-refractivity contribution in [3.8, 4) is 0 Å². The maximum absolute atomic E-state index is 3.39. The Morgan fingerprint density at radius 3 is 2.25 bits per heavy atom. The molecular weight excluding hydrogens is 214 g/mol. The first-order chi connectivity index (χ1) is 7.80. The summed E-state index contributed by atoms with van der Waals surface area (Å²) in [5.41, 5.74) is 2.86.